The van der Waals surface area contributed by atoms with Gasteiger partial charge >= 0.3 is 0 Å². The molecule has 1 heterocycles. The third-order valence-corrected chi connectivity index (χ3v) is 5.32. The number of ether oxygens (including phenoxy) is 1. The highest BCUT2D eigenvalue weighted by Gasteiger charge is 2.52. The molecule has 1 aromatic carbocycles. The van der Waals surface area contributed by atoms with Gasteiger partial charge in [0.2, 0.25) is 0 Å². The summed E-state index contributed by atoms with van der Waals surface area (Å²) >= 11 is 0. The maximum absolute atomic E-state index is 11.2. The van der Waals surface area contributed by atoms with E-state index in [0.29, 0.717) is 0 Å². The quantitative estimate of drug-likeness (QED) is 0.772. The Hall–Kier alpha value is -1.31. The molecule has 0 bridgehead atoms. The van der Waals surface area contributed by atoms with Crippen molar-refractivity contribution in [3.8, 4) is 5.75 Å². The van der Waals surface area contributed by atoms with E-state index in [2.05, 4.69) is 53.7 Å². The molecule has 1 saturated carbocycles. The molecule has 1 aliphatic carbocycles. The van der Waals surface area contributed by atoms with Crippen LogP contribution in [-0.2, 0) is 22.0 Å². The first kappa shape index (κ1) is 15.6. The zero-order valence-corrected chi connectivity index (χ0v) is 14.7. The summed E-state index contributed by atoms with van der Waals surface area (Å²) in [6.07, 6.45) is 3.10. The van der Waals surface area contributed by atoms with Crippen LogP contribution in [0.15, 0.2) is 12.1 Å². The van der Waals surface area contributed by atoms with E-state index >= 15 is 0 Å². The van der Waals surface area contributed by atoms with E-state index in [1.165, 1.54) is 16.7 Å². The summed E-state index contributed by atoms with van der Waals surface area (Å²) in [5.41, 5.74) is 4.26. The first-order valence-corrected chi connectivity index (χ1v) is 8.33. The topological polar surface area (TPSA) is 26.3 Å². The second-order valence-electron chi connectivity index (χ2n) is 9.29. The van der Waals surface area contributed by atoms with Crippen molar-refractivity contribution in [1.82, 2.24) is 0 Å². The van der Waals surface area contributed by atoms with E-state index in [0.717, 1.165) is 31.5 Å². The molecular formula is C20H28O2. The normalized spacial score (nSPS) is 28.9. The first-order valence-electron chi connectivity index (χ1n) is 8.33. The molecule has 0 aromatic heterocycles. The van der Waals surface area contributed by atoms with Crippen LogP contribution in [0, 0.1) is 11.3 Å². The van der Waals surface area contributed by atoms with Crippen LogP contribution >= 0.6 is 0 Å². The Labute approximate surface area is 134 Å². The largest absolute Gasteiger partial charge is 0.492 e. The van der Waals surface area contributed by atoms with E-state index in [9.17, 15) is 4.79 Å². The minimum absolute atomic E-state index is 0.0298. The Kier molecular flexibility index (Phi) is 3.25. The Morgan fingerprint density at radius 3 is 2.50 bits per heavy atom. The van der Waals surface area contributed by atoms with Gasteiger partial charge in [0, 0.05) is 22.3 Å². The number of fused-ring (bicyclic) bond motifs is 1. The standard InChI is InChI=1S/C20H28O2/c1-18(2,3)9-13-7-14(20(6)10-15(20)11-21)8-16-17(13)22-12-19(16,4)5/h7-8,11,15H,9-10,12H2,1-6H3/t15-,20-/m1/s1. The van der Waals surface area contributed by atoms with Gasteiger partial charge in [0.15, 0.2) is 0 Å². The highest BCUT2D eigenvalue weighted by molar-refractivity contribution is 5.65. The lowest BCUT2D eigenvalue weighted by molar-refractivity contribution is -0.109. The van der Waals surface area contributed by atoms with Crippen LogP contribution in [-0.4, -0.2) is 12.9 Å². The molecule has 0 saturated heterocycles. The average molecular weight is 300 g/mol. The van der Waals surface area contributed by atoms with E-state index in [1.807, 2.05) is 0 Å². The van der Waals surface area contributed by atoms with Gasteiger partial charge in [0.1, 0.15) is 12.0 Å². The third kappa shape index (κ3) is 2.47. The molecule has 0 N–H and O–H groups in total. The zero-order chi connectivity index (χ0) is 16.3. The lowest BCUT2D eigenvalue weighted by atomic mass is 9.79. The monoisotopic (exact) mass is 300 g/mol. The molecule has 0 amide bonds. The molecular weight excluding hydrogens is 272 g/mol. The predicted molar refractivity (Wildman–Crippen MR) is 89.6 cm³/mol. The number of carbonyl (C=O) groups is 1. The summed E-state index contributed by atoms with van der Waals surface area (Å²) in [5, 5.41) is 0. The Morgan fingerprint density at radius 1 is 1.27 bits per heavy atom. The molecule has 22 heavy (non-hydrogen) atoms. The van der Waals surface area contributed by atoms with Gasteiger partial charge in [-0.15, -0.1) is 0 Å². The highest BCUT2D eigenvalue weighted by atomic mass is 16.5. The molecule has 2 nitrogen and oxygen atoms in total. The number of aldehydes is 1. The second kappa shape index (κ2) is 4.59. The zero-order valence-electron chi connectivity index (χ0n) is 14.7. The highest BCUT2D eigenvalue weighted by Crippen LogP contribution is 2.55. The van der Waals surface area contributed by atoms with Crippen LogP contribution in [0.25, 0.3) is 0 Å². The number of carbonyl (C=O) groups excluding carboxylic acids is 1. The van der Waals surface area contributed by atoms with Gasteiger partial charge < -0.3 is 9.53 Å². The van der Waals surface area contributed by atoms with Gasteiger partial charge in [-0.25, -0.2) is 0 Å². The summed E-state index contributed by atoms with van der Waals surface area (Å²) in [4.78, 5) is 11.2. The van der Waals surface area contributed by atoms with Crippen molar-refractivity contribution in [2.24, 2.45) is 11.3 Å². The number of rotatable bonds is 3. The van der Waals surface area contributed by atoms with Crippen LogP contribution < -0.4 is 4.74 Å². The minimum atomic E-state index is 0.0298. The molecule has 3 rings (SSSR count). The summed E-state index contributed by atoms with van der Waals surface area (Å²) in [6, 6.07) is 4.60. The van der Waals surface area contributed by atoms with Crippen molar-refractivity contribution >= 4 is 6.29 Å². The molecule has 0 unspecified atom stereocenters. The minimum Gasteiger partial charge on any atom is -0.492 e. The van der Waals surface area contributed by atoms with Crippen LogP contribution in [0.3, 0.4) is 0 Å². The van der Waals surface area contributed by atoms with Gasteiger partial charge in [-0.2, -0.15) is 0 Å². The smallest absolute Gasteiger partial charge is 0.126 e. The van der Waals surface area contributed by atoms with E-state index in [-0.39, 0.29) is 22.2 Å². The number of benzene rings is 1. The second-order valence-corrected chi connectivity index (χ2v) is 9.29. The Balaban J connectivity index is 2.11. The van der Waals surface area contributed by atoms with Crippen molar-refractivity contribution in [2.75, 3.05) is 6.61 Å². The molecule has 0 spiro atoms. The average Bonchev–Trinajstić information content (AvgIpc) is 2.97. The fraction of sp³-hybridized carbons (Fsp3) is 0.650. The molecule has 1 fully saturated rings. The summed E-state index contributed by atoms with van der Waals surface area (Å²) in [7, 11) is 0. The van der Waals surface area contributed by atoms with Crippen molar-refractivity contribution in [2.45, 2.75) is 65.2 Å². The molecule has 2 aliphatic rings. The molecule has 2 atom stereocenters. The number of hydrogen-bond donors (Lipinski definition) is 0. The third-order valence-electron chi connectivity index (χ3n) is 5.32. The fourth-order valence-corrected chi connectivity index (χ4v) is 3.65. The van der Waals surface area contributed by atoms with Crippen LogP contribution in [0.2, 0.25) is 0 Å². The van der Waals surface area contributed by atoms with Gasteiger partial charge in [0.25, 0.3) is 0 Å². The maximum atomic E-state index is 11.2. The molecule has 1 aromatic rings. The maximum Gasteiger partial charge on any atom is 0.126 e. The Morgan fingerprint density at radius 2 is 1.95 bits per heavy atom. The predicted octanol–water partition coefficient (Wildman–Crippen LogP) is 4.42. The van der Waals surface area contributed by atoms with Crippen LogP contribution in [0.4, 0.5) is 0 Å². The summed E-state index contributed by atoms with van der Waals surface area (Å²) < 4.78 is 6.06. The van der Waals surface area contributed by atoms with Gasteiger partial charge in [-0.3, -0.25) is 0 Å². The lowest BCUT2D eigenvalue weighted by Gasteiger charge is -2.23. The lowest BCUT2D eigenvalue weighted by Crippen LogP contribution is -2.19. The van der Waals surface area contributed by atoms with Gasteiger partial charge in [0.05, 0.1) is 6.61 Å². The number of hydrogen-bond acceptors (Lipinski definition) is 2. The molecule has 120 valence electrons. The van der Waals surface area contributed by atoms with Crippen LogP contribution in [0.1, 0.15) is 64.7 Å². The van der Waals surface area contributed by atoms with Gasteiger partial charge in [-0.1, -0.05) is 53.7 Å². The van der Waals surface area contributed by atoms with E-state index in [1.54, 1.807) is 0 Å². The Bertz CT molecular complexity index is 621. The molecule has 1 aliphatic heterocycles. The molecule has 0 radical (unpaired) electrons. The van der Waals surface area contributed by atoms with Crippen molar-refractivity contribution in [3.05, 3.63) is 28.8 Å². The van der Waals surface area contributed by atoms with Crippen LogP contribution in [0.5, 0.6) is 5.75 Å². The van der Waals surface area contributed by atoms with Crippen molar-refractivity contribution in [1.29, 1.82) is 0 Å². The summed E-state index contributed by atoms with van der Waals surface area (Å²) in [6.45, 7) is 14.2. The van der Waals surface area contributed by atoms with Gasteiger partial charge in [-0.05, 0) is 29.4 Å². The fourth-order valence-electron chi connectivity index (χ4n) is 3.65. The van der Waals surface area contributed by atoms with Crippen molar-refractivity contribution in [3.63, 3.8) is 0 Å². The molecule has 2 heteroatoms. The SMILES string of the molecule is CC(C)(C)Cc1cc([C@@]2(C)C[C@@H]2C=O)cc2c1OCC2(C)C. The van der Waals surface area contributed by atoms with Crippen molar-refractivity contribution < 1.29 is 9.53 Å². The van der Waals surface area contributed by atoms with E-state index < -0.39 is 0 Å². The van der Waals surface area contributed by atoms with E-state index in [4.69, 9.17) is 4.74 Å². The summed E-state index contributed by atoms with van der Waals surface area (Å²) in [5.74, 6) is 1.27. The first-order chi connectivity index (χ1) is 10.1.